The molecule has 0 aromatic heterocycles. The molecular weight excluding hydrogens is 1170 g/mol. The highest BCUT2D eigenvalue weighted by Crippen LogP contribution is 2.46. The van der Waals surface area contributed by atoms with Crippen molar-refractivity contribution in [1.29, 1.82) is 0 Å². The van der Waals surface area contributed by atoms with Crippen LogP contribution in [-0.2, 0) is 61.0 Å². The van der Waals surface area contributed by atoms with Gasteiger partial charge in [0, 0.05) is 30.5 Å². The Morgan fingerprint density at radius 1 is 0.675 bits per heavy atom. The molecule has 6 rings (SSSR count). The summed E-state index contributed by atoms with van der Waals surface area (Å²) >= 11 is 1.72. The summed E-state index contributed by atoms with van der Waals surface area (Å²) in [4.78, 5) is 47.5. The number of rotatable bonds is 28. The van der Waals surface area contributed by atoms with Gasteiger partial charge in [-0.2, -0.15) is 11.8 Å². The van der Waals surface area contributed by atoms with Crippen LogP contribution in [0.4, 0.5) is 9.59 Å². The van der Waals surface area contributed by atoms with Gasteiger partial charge in [0.15, 0.2) is 25.2 Å². The average Bonchev–Trinajstić information content (AvgIpc) is 3.94. The number of unbranched alkanes of at least 4 members (excludes halogenated alkanes) is 1. The fourth-order valence-electron chi connectivity index (χ4n) is 9.94. The van der Waals surface area contributed by atoms with Crippen LogP contribution >= 0.6 is 19.6 Å². The van der Waals surface area contributed by atoms with Crippen molar-refractivity contribution in [2.45, 2.75) is 211 Å². The number of amides is 4. The van der Waals surface area contributed by atoms with Crippen molar-refractivity contribution in [2.75, 3.05) is 58.5 Å². The molecule has 4 amide bonds. The number of urea groups is 1. The molecule has 35 nitrogen and oxygen atoms in total. The second-order valence-electron chi connectivity index (χ2n) is 21.5. The molecule has 6 saturated heterocycles. The Morgan fingerprint density at radius 2 is 1.27 bits per heavy atom. The minimum atomic E-state index is -5.37. The van der Waals surface area contributed by atoms with Crippen molar-refractivity contribution in [3.63, 3.8) is 0 Å². The van der Waals surface area contributed by atoms with Gasteiger partial charge in [-0.15, -0.1) is 0 Å². The topological polar surface area (TPSA) is 542 Å². The quantitative estimate of drug-likeness (QED) is 0.0196. The highest BCUT2D eigenvalue weighted by molar-refractivity contribution is 8.00. The van der Waals surface area contributed by atoms with Crippen LogP contribution in [0, 0.1) is 0 Å². The van der Waals surface area contributed by atoms with Crippen LogP contribution < -0.4 is 21.3 Å². The van der Waals surface area contributed by atoms with Gasteiger partial charge in [-0.25, -0.2) is 14.2 Å². The first-order valence-electron chi connectivity index (χ1n) is 26.8. The maximum Gasteiger partial charge on any atom is 0.472 e. The first-order valence-corrected chi connectivity index (χ1v) is 29.4. The largest absolute Gasteiger partial charge is 0.472 e. The molecule has 6 aliphatic rings. The van der Waals surface area contributed by atoms with Gasteiger partial charge in [0.05, 0.1) is 51.7 Å². The van der Waals surface area contributed by atoms with E-state index in [1.165, 1.54) is 0 Å². The Morgan fingerprint density at radius 3 is 1.92 bits per heavy atom. The summed E-state index contributed by atoms with van der Waals surface area (Å²) in [5.74, 6) is 0.358. The molecule has 0 aromatic rings. The first-order chi connectivity index (χ1) is 39.1. The Kier molecular flexibility index (Phi) is 26.1. The maximum absolute atomic E-state index is 13.3. The summed E-state index contributed by atoms with van der Waals surface area (Å²) in [6.45, 7) is -1.73. The Hall–Kier alpha value is -2.45. The molecular formula is C46H81N4O31PS. The van der Waals surface area contributed by atoms with Crippen molar-refractivity contribution < 1.29 is 152 Å². The lowest BCUT2D eigenvalue weighted by Gasteiger charge is -2.51. The van der Waals surface area contributed by atoms with Gasteiger partial charge >= 0.3 is 19.9 Å². The van der Waals surface area contributed by atoms with Crippen molar-refractivity contribution in [1.82, 2.24) is 21.3 Å². The molecule has 0 radical (unpaired) electrons. The highest BCUT2D eigenvalue weighted by atomic mass is 32.2. The number of phosphoric acid groups is 1. The van der Waals surface area contributed by atoms with Crippen LogP contribution in [0.1, 0.15) is 46.5 Å². The maximum atomic E-state index is 13.3. The van der Waals surface area contributed by atoms with E-state index in [9.17, 15) is 100 Å². The summed E-state index contributed by atoms with van der Waals surface area (Å²) < 4.78 is 75.3. The number of thioether (sulfide) groups is 1. The molecule has 37 heteroatoms. The summed E-state index contributed by atoms with van der Waals surface area (Å²) in [7, 11) is -5.37. The average molecular weight is 1250 g/mol. The van der Waals surface area contributed by atoms with E-state index in [0.29, 0.717) is 12.8 Å². The Labute approximate surface area is 478 Å². The van der Waals surface area contributed by atoms with Gasteiger partial charge in [-0.05, 0) is 33.6 Å². The molecule has 6 aliphatic heterocycles. The van der Waals surface area contributed by atoms with Gasteiger partial charge in [-0.1, -0.05) is 6.42 Å². The predicted molar refractivity (Wildman–Crippen MR) is 271 cm³/mol. The lowest BCUT2D eigenvalue weighted by Crippen LogP contribution is -2.70. The lowest BCUT2D eigenvalue weighted by atomic mass is 9.92. The fraction of sp³-hybridized carbons (Fsp3) is 0.935. The first kappa shape index (κ1) is 69.6. The molecule has 0 aromatic carbocycles. The number of hydrogen-bond donors (Lipinski definition) is 20. The molecule has 27 atom stereocenters. The van der Waals surface area contributed by atoms with Gasteiger partial charge in [0.2, 0.25) is 5.91 Å². The minimum absolute atomic E-state index is 0.0188. The van der Waals surface area contributed by atoms with Gasteiger partial charge < -0.3 is 145 Å². The molecule has 0 bridgehead atoms. The van der Waals surface area contributed by atoms with E-state index in [-0.39, 0.29) is 36.3 Å². The molecule has 20 N–H and O–H groups in total. The van der Waals surface area contributed by atoms with Crippen molar-refractivity contribution in [3.8, 4) is 0 Å². The molecule has 1 unspecified atom stereocenters. The predicted octanol–water partition coefficient (Wildman–Crippen LogP) is -9.13. The van der Waals surface area contributed by atoms with E-state index in [1.54, 1.807) is 32.5 Å². The lowest BCUT2D eigenvalue weighted by molar-refractivity contribution is -0.407. The standard InChI is InChI=1S/C46H81N4O31PS/c1-46(2,3)80-45(68)48-9-11-72-82(69,70)81-21(15-54)36-29(62)30(63)38(78-42-32(65)27(60)28(61)34(74-42)18(55)12-51)43(76-36)77-37-33(66)40(71-10-8-47-23(57)7-5-4-6-22-24-17(16-83-22)49-44(67)50-24)75-35(19(56)13-52)39(37)79-41-31(64)26(59)25(58)20(14-53)73-41/h17-22,24-43,51-56,58-66H,4-16H2,1-3H3,(H,47,57)(H,48,68)(H,69,70)(H2,49,50,67)/t17-,18-,19-,20+,21-,22-,24-,25+,26-,27-,28-,29-,30-,31+,32-,33-,34+,35+,36+,37+,38-,39+,40-,41-,42+,43+/m0/s1. The Bertz CT molecular complexity index is 2100. The molecule has 6 heterocycles. The fourth-order valence-corrected chi connectivity index (χ4v) is 12.4. The van der Waals surface area contributed by atoms with Crippen LogP contribution in [0.5, 0.6) is 0 Å². The van der Waals surface area contributed by atoms with Crippen LogP contribution in [0.2, 0.25) is 0 Å². The third-order valence-corrected chi connectivity index (χ3v) is 16.8. The normalized spacial score (nSPS) is 40.3. The number of alkyl carbamates (subject to hydrolysis) is 1. The zero-order chi connectivity index (χ0) is 61.2. The monoisotopic (exact) mass is 1250 g/mol. The number of phosphoric ester groups is 1. The number of fused-ring (bicyclic) bond motifs is 1. The molecule has 0 saturated carbocycles. The highest BCUT2D eigenvalue weighted by Gasteiger charge is 2.59. The zero-order valence-electron chi connectivity index (χ0n) is 45.3. The number of aliphatic hydroxyl groups excluding tert-OH is 15. The van der Waals surface area contributed by atoms with E-state index in [4.69, 9.17) is 51.7 Å². The summed E-state index contributed by atoms with van der Waals surface area (Å²) in [6.07, 6.45) is -48.8. The van der Waals surface area contributed by atoms with Gasteiger partial charge in [0.1, 0.15) is 122 Å². The van der Waals surface area contributed by atoms with Crippen molar-refractivity contribution in [2.24, 2.45) is 0 Å². The van der Waals surface area contributed by atoms with E-state index < -0.39 is 213 Å². The summed E-state index contributed by atoms with van der Waals surface area (Å²) in [5.41, 5.74) is -0.917. The zero-order valence-corrected chi connectivity index (χ0v) is 47.0. The SMILES string of the molecule is CC(C)(C)OC(=O)NCCOP(=O)(O)O[C@@H](CO)[C@H]1O[C@H](O[C@@H]2[C@H](O)[C@@H](OCCNC(=O)CCCC[C@@H]3SC[C@@H]4NC(=O)N[C@@H]43)O[C@H]([C@@H](O)CO)[C@H]2O[C@@H]2O[C@H](CO)[C@@H](O)[C@H](O)[C@H]2O)[C@@H](O[C@H]2O[C@H]([C@@H](O)CO)[C@@H](O)[C@H](O)[C@@H]2O)[C@@H](O)[C@@H]1O. The Balaban J connectivity index is 1.27. The van der Waals surface area contributed by atoms with Crippen LogP contribution in [0.3, 0.4) is 0 Å². The van der Waals surface area contributed by atoms with Crippen LogP contribution in [-0.4, -0.2) is 322 Å². The molecule has 0 aliphatic carbocycles. The van der Waals surface area contributed by atoms with E-state index in [2.05, 4.69) is 21.3 Å². The van der Waals surface area contributed by atoms with Crippen molar-refractivity contribution in [3.05, 3.63) is 0 Å². The molecule has 83 heavy (non-hydrogen) atoms. The number of ether oxygens (including phenoxy) is 9. The van der Waals surface area contributed by atoms with E-state index >= 15 is 0 Å². The molecule has 0 spiro atoms. The number of carbonyl (C=O) groups excluding carboxylic acids is 3. The molecule has 6 fully saturated rings. The number of nitrogens with one attached hydrogen (secondary N) is 4. The second-order valence-corrected chi connectivity index (χ2v) is 24.2. The van der Waals surface area contributed by atoms with Gasteiger partial charge in [-0.3, -0.25) is 13.8 Å². The number of aliphatic hydroxyl groups is 15. The third-order valence-electron chi connectivity index (χ3n) is 14.2. The number of hydrogen-bond acceptors (Lipinski definition) is 31. The van der Waals surface area contributed by atoms with Crippen molar-refractivity contribution >= 4 is 37.6 Å². The van der Waals surface area contributed by atoms with E-state index in [0.717, 1.165) is 12.2 Å². The van der Waals surface area contributed by atoms with Gasteiger partial charge in [0.25, 0.3) is 0 Å². The van der Waals surface area contributed by atoms with E-state index in [1.807, 2.05) is 0 Å². The third kappa shape index (κ3) is 18.1. The summed E-state index contributed by atoms with van der Waals surface area (Å²) in [6, 6.07) is -0.215. The molecule has 482 valence electrons. The smallest absolute Gasteiger partial charge is 0.444 e. The number of carbonyl (C=O) groups is 3. The van der Waals surface area contributed by atoms with Crippen LogP contribution in [0.25, 0.3) is 0 Å². The van der Waals surface area contributed by atoms with Crippen LogP contribution in [0.15, 0.2) is 0 Å². The second kappa shape index (κ2) is 31.1. The summed E-state index contributed by atoms with van der Waals surface area (Å²) in [5, 5.41) is 174. The minimum Gasteiger partial charge on any atom is -0.444 e.